The first-order valence-electron chi connectivity index (χ1n) is 7.30. The van der Waals surface area contributed by atoms with E-state index in [9.17, 15) is 4.79 Å². The van der Waals surface area contributed by atoms with Gasteiger partial charge in [-0.2, -0.15) is 0 Å². The van der Waals surface area contributed by atoms with Crippen LogP contribution >= 0.6 is 11.8 Å². The highest BCUT2D eigenvalue weighted by atomic mass is 32.2. The Morgan fingerprint density at radius 1 is 1.12 bits per heavy atom. The predicted octanol–water partition coefficient (Wildman–Crippen LogP) is 3.33. The highest BCUT2D eigenvalue weighted by molar-refractivity contribution is 7.98. The zero-order valence-electron chi connectivity index (χ0n) is 12.8. The van der Waals surface area contributed by atoms with E-state index >= 15 is 0 Å². The third kappa shape index (κ3) is 2.59. The van der Waals surface area contributed by atoms with Gasteiger partial charge in [0, 0.05) is 11.6 Å². The van der Waals surface area contributed by atoms with E-state index in [1.165, 1.54) is 11.8 Å². The summed E-state index contributed by atoms with van der Waals surface area (Å²) in [5, 5.41) is 5.26. The quantitative estimate of drug-likeness (QED) is 0.441. The van der Waals surface area contributed by atoms with Crippen LogP contribution in [-0.4, -0.2) is 26.2 Å². The van der Waals surface area contributed by atoms with Crippen LogP contribution in [0.5, 0.6) is 0 Å². The number of nitrogens with one attached hydrogen (secondary N) is 2. The van der Waals surface area contributed by atoms with Crippen molar-refractivity contribution in [2.24, 2.45) is 0 Å². The van der Waals surface area contributed by atoms with Crippen molar-refractivity contribution < 1.29 is 0 Å². The average Bonchev–Trinajstić information content (AvgIpc) is 2.61. The van der Waals surface area contributed by atoms with Gasteiger partial charge in [-0.25, -0.2) is 9.97 Å². The van der Waals surface area contributed by atoms with E-state index in [0.29, 0.717) is 21.9 Å². The summed E-state index contributed by atoms with van der Waals surface area (Å²) >= 11 is 1.43. The minimum atomic E-state index is -0.226. The molecule has 0 aliphatic heterocycles. The molecule has 7 heteroatoms. The Morgan fingerprint density at radius 3 is 2.88 bits per heavy atom. The fourth-order valence-corrected chi connectivity index (χ4v) is 2.90. The van der Waals surface area contributed by atoms with Gasteiger partial charge in [0.1, 0.15) is 11.2 Å². The molecule has 4 aromatic rings. The summed E-state index contributed by atoms with van der Waals surface area (Å²) in [4.78, 5) is 28.1. The van der Waals surface area contributed by atoms with Crippen molar-refractivity contribution in [2.45, 2.75) is 5.16 Å². The maximum atomic E-state index is 12.2. The Morgan fingerprint density at radius 2 is 2.00 bits per heavy atom. The molecule has 24 heavy (non-hydrogen) atoms. The number of hydrogen-bond donors (Lipinski definition) is 2. The average molecular weight is 335 g/mol. The fraction of sp³-hybridized carbons (Fsp3) is 0.0588. The van der Waals surface area contributed by atoms with Gasteiger partial charge in [0.15, 0.2) is 5.16 Å². The number of aromatic amines is 1. The van der Waals surface area contributed by atoms with Gasteiger partial charge < -0.3 is 10.3 Å². The van der Waals surface area contributed by atoms with Crippen LogP contribution in [0, 0.1) is 0 Å². The van der Waals surface area contributed by atoms with E-state index in [1.807, 2.05) is 36.6 Å². The first-order chi connectivity index (χ1) is 11.7. The number of H-pyrrole nitrogens is 1. The number of rotatable bonds is 3. The molecule has 0 saturated heterocycles. The van der Waals surface area contributed by atoms with Crippen molar-refractivity contribution >= 4 is 45.1 Å². The summed E-state index contributed by atoms with van der Waals surface area (Å²) in [6, 6.07) is 11.6. The number of aromatic nitrogens is 4. The summed E-state index contributed by atoms with van der Waals surface area (Å²) in [5.41, 5.74) is 2.06. The summed E-state index contributed by atoms with van der Waals surface area (Å²) in [6.07, 6.45) is 5.21. The monoisotopic (exact) mass is 335 g/mol. The van der Waals surface area contributed by atoms with E-state index in [4.69, 9.17) is 0 Å². The molecule has 0 aliphatic rings. The molecular formula is C17H13N5OS. The van der Waals surface area contributed by atoms with Gasteiger partial charge in [-0.1, -0.05) is 30.0 Å². The van der Waals surface area contributed by atoms with Crippen molar-refractivity contribution in [1.29, 1.82) is 0 Å². The third-order valence-corrected chi connectivity index (χ3v) is 4.18. The van der Waals surface area contributed by atoms with Crippen molar-refractivity contribution in [3.63, 3.8) is 0 Å². The molecule has 0 amide bonds. The van der Waals surface area contributed by atoms with Crippen LogP contribution in [0.15, 0.2) is 58.7 Å². The van der Waals surface area contributed by atoms with Gasteiger partial charge in [0.05, 0.1) is 22.9 Å². The number of pyridine rings is 2. The lowest BCUT2D eigenvalue weighted by Gasteiger charge is -2.10. The Bertz CT molecular complexity index is 1110. The molecular weight excluding hydrogens is 322 g/mol. The van der Waals surface area contributed by atoms with Crippen LogP contribution in [-0.2, 0) is 0 Å². The SMILES string of the molecule is CSc1nc(Nc2cnc3ccccc3c2)c2c(=O)[nH]ccc2n1. The fourth-order valence-electron chi connectivity index (χ4n) is 2.53. The van der Waals surface area contributed by atoms with Crippen molar-refractivity contribution in [2.75, 3.05) is 11.6 Å². The Hall–Kier alpha value is -2.93. The molecule has 0 aliphatic carbocycles. The molecule has 3 aromatic heterocycles. The van der Waals surface area contributed by atoms with Gasteiger partial charge >= 0.3 is 0 Å². The maximum absolute atomic E-state index is 12.2. The second-order valence-electron chi connectivity index (χ2n) is 5.17. The van der Waals surface area contributed by atoms with Gasteiger partial charge in [-0.3, -0.25) is 9.78 Å². The number of anilines is 2. The third-order valence-electron chi connectivity index (χ3n) is 3.63. The van der Waals surface area contributed by atoms with Crippen LogP contribution in [0.2, 0.25) is 0 Å². The topological polar surface area (TPSA) is 83.6 Å². The molecule has 4 rings (SSSR count). The number of fused-ring (bicyclic) bond motifs is 2. The highest BCUT2D eigenvalue weighted by Crippen LogP contribution is 2.25. The second-order valence-corrected chi connectivity index (χ2v) is 5.94. The predicted molar refractivity (Wildman–Crippen MR) is 97.0 cm³/mol. The normalized spacial score (nSPS) is 11.0. The van der Waals surface area contributed by atoms with E-state index in [2.05, 4.69) is 25.3 Å². The van der Waals surface area contributed by atoms with Gasteiger partial charge in [0.25, 0.3) is 5.56 Å². The largest absolute Gasteiger partial charge is 0.338 e. The standard InChI is InChI=1S/C17H13N5OS/c1-24-17-21-13-6-7-18-16(23)14(13)15(22-17)20-11-8-10-4-2-3-5-12(10)19-9-11/h2-9H,1H3,(H,18,23)(H,20,21,22). The molecule has 0 saturated carbocycles. The van der Waals surface area contributed by atoms with Crippen molar-refractivity contribution in [3.05, 3.63) is 59.1 Å². The Kier molecular flexibility index (Phi) is 3.62. The Balaban J connectivity index is 1.87. The number of hydrogen-bond acceptors (Lipinski definition) is 6. The Labute approximate surface area is 141 Å². The lowest BCUT2D eigenvalue weighted by Crippen LogP contribution is -2.10. The van der Waals surface area contributed by atoms with Crippen LogP contribution in [0.4, 0.5) is 11.5 Å². The van der Waals surface area contributed by atoms with Crippen LogP contribution in [0.1, 0.15) is 0 Å². The van der Waals surface area contributed by atoms with Gasteiger partial charge in [0.2, 0.25) is 0 Å². The van der Waals surface area contributed by atoms with Gasteiger partial charge in [-0.05, 0) is 24.5 Å². The molecule has 0 unspecified atom stereocenters. The van der Waals surface area contributed by atoms with E-state index in [0.717, 1.165) is 16.6 Å². The number of thioether (sulfide) groups is 1. The van der Waals surface area contributed by atoms with E-state index in [-0.39, 0.29) is 5.56 Å². The summed E-state index contributed by atoms with van der Waals surface area (Å²) in [7, 11) is 0. The summed E-state index contributed by atoms with van der Waals surface area (Å²) in [5.74, 6) is 0.475. The maximum Gasteiger partial charge on any atom is 0.261 e. The van der Waals surface area contributed by atoms with Gasteiger partial charge in [-0.15, -0.1) is 0 Å². The molecule has 3 heterocycles. The molecule has 0 bridgehead atoms. The number of nitrogens with zero attached hydrogens (tertiary/aromatic N) is 3. The number of benzene rings is 1. The zero-order chi connectivity index (χ0) is 16.5. The molecule has 1 aromatic carbocycles. The molecule has 0 fully saturated rings. The highest BCUT2D eigenvalue weighted by Gasteiger charge is 2.11. The van der Waals surface area contributed by atoms with Crippen LogP contribution in [0.25, 0.3) is 21.8 Å². The summed E-state index contributed by atoms with van der Waals surface area (Å²) in [6.45, 7) is 0. The smallest absolute Gasteiger partial charge is 0.261 e. The lowest BCUT2D eigenvalue weighted by molar-refractivity contribution is 1.01. The molecule has 118 valence electrons. The second kappa shape index (κ2) is 5.93. The molecule has 0 atom stereocenters. The van der Waals surface area contributed by atoms with E-state index < -0.39 is 0 Å². The summed E-state index contributed by atoms with van der Waals surface area (Å²) < 4.78 is 0. The minimum Gasteiger partial charge on any atom is -0.338 e. The number of para-hydroxylation sites is 1. The molecule has 6 nitrogen and oxygen atoms in total. The lowest BCUT2D eigenvalue weighted by atomic mass is 10.2. The van der Waals surface area contributed by atoms with Crippen LogP contribution < -0.4 is 10.9 Å². The van der Waals surface area contributed by atoms with E-state index in [1.54, 1.807) is 18.5 Å². The van der Waals surface area contributed by atoms with Crippen LogP contribution in [0.3, 0.4) is 0 Å². The van der Waals surface area contributed by atoms with Crippen molar-refractivity contribution in [3.8, 4) is 0 Å². The minimum absolute atomic E-state index is 0.226. The van der Waals surface area contributed by atoms with Crippen molar-refractivity contribution in [1.82, 2.24) is 19.9 Å². The molecule has 0 radical (unpaired) electrons. The molecule has 2 N–H and O–H groups in total. The first-order valence-corrected chi connectivity index (χ1v) is 8.52. The zero-order valence-corrected chi connectivity index (χ0v) is 13.6. The molecule has 0 spiro atoms. The first kappa shape index (κ1) is 14.6.